The molecule has 0 radical (unpaired) electrons. The first-order valence-corrected chi connectivity index (χ1v) is 7.44. The lowest BCUT2D eigenvalue weighted by molar-refractivity contribution is -0.149. The van der Waals surface area contributed by atoms with Crippen LogP contribution in [0, 0.1) is 5.92 Å². The zero-order valence-corrected chi connectivity index (χ0v) is 13.0. The molecule has 2 N–H and O–H groups in total. The lowest BCUT2D eigenvalue weighted by Crippen LogP contribution is -2.46. The van der Waals surface area contributed by atoms with E-state index in [9.17, 15) is 4.79 Å². The van der Waals surface area contributed by atoms with Crippen molar-refractivity contribution in [1.82, 2.24) is 0 Å². The number of carbonyl (C=O) groups is 1. The molecule has 0 rings (SSSR count). The predicted molar refractivity (Wildman–Crippen MR) is 78.0 cm³/mol. The second kappa shape index (κ2) is 10.2. The van der Waals surface area contributed by atoms with E-state index < -0.39 is 5.54 Å². The molecule has 0 bridgehead atoms. The summed E-state index contributed by atoms with van der Waals surface area (Å²) in [5, 5.41) is 0. The van der Waals surface area contributed by atoms with Crippen molar-refractivity contribution >= 4 is 5.97 Å². The molecule has 1 unspecified atom stereocenters. The van der Waals surface area contributed by atoms with Crippen LogP contribution in [0.3, 0.4) is 0 Å². The first-order valence-electron chi connectivity index (χ1n) is 7.44. The molecule has 0 saturated heterocycles. The zero-order chi connectivity index (χ0) is 14.7. The summed E-state index contributed by atoms with van der Waals surface area (Å²) in [6, 6.07) is 0. The smallest absolute Gasteiger partial charge is 0.325 e. The average molecular weight is 273 g/mol. The third-order valence-electron chi connectivity index (χ3n) is 3.05. The molecule has 0 aliphatic carbocycles. The van der Waals surface area contributed by atoms with Crippen LogP contribution in [0.4, 0.5) is 0 Å². The quantitative estimate of drug-likeness (QED) is 0.464. The molecule has 0 heterocycles. The van der Waals surface area contributed by atoms with Gasteiger partial charge in [-0.3, -0.25) is 4.79 Å². The number of unbranched alkanes of at least 4 members (excludes halogenated alkanes) is 1. The summed E-state index contributed by atoms with van der Waals surface area (Å²) >= 11 is 0. The van der Waals surface area contributed by atoms with Gasteiger partial charge in [0.15, 0.2) is 0 Å². The highest BCUT2D eigenvalue weighted by atomic mass is 16.5. The van der Waals surface area contributed by atoms with Crippen LogP contribution in [-0.2, 0) is 14.3 Å². The molecule has 0 aromatic heterocycles. The molecule has 0 aromatic rings. The molecule has 0 aliphatic rings. The molecule has 0 saturated carbocycles. The first-order chi connectivity index (χ1) is 8.90. The summed E-state index contributed by atoms with van der Waals surface area (Å²) in [6.07, 6.45) is 4.80. The number of rotatable bonds is 11. The Labute approximate surface area is 118 Å². The van der Waals surface area contributed by atoms with Gasteiger partial charge in [-0.15, -0.1) is 0 Å². The maximum atomic E-state index is 11.6. The van der Waals surface area contributed by atoms with E-state index in [1.165, 1.54) is 6.42 Å². The molecule has 114 valence electrons. The van der Waals surface area contributed by atoms with E-state index in [1.807, 2.05) is 0 Å². The lowest BCUT2D eigenvalue weighted by atomic mass is 9.96. The van der Waals surface area contributed by atoms with Crippen molar-refractivity contribution in [3.05, 3.63) is 0 Å². The molecule has 0 spiro atoms. The molecule has 19 heavy (non-hydrogen) atoms. The topological polar surface area (TPSA) is 61.5 Å². The summed E-state index contributed by atoms with van der Waals surface area (Å²) in [5.41, 5.74) is 5.06. The van der Waals surface area contributed by atoms with Crippen molar-refractivity contribution in [2.45, 2.75) is 65.3 Å². The Bertz CT molecular complexity index is 240. The fourth-order valence-electron chi connectivity index (χ4n) is 1.79. The van der Waals surface area contributed by atoms with Crippen LogP contribution in [0.25, 0.3) is 0 Å². The van der Waals surface area contributed by atoms with Gasteiger partial charge in [-0.25, -0.2) is 0 Å². The number of esters is 1. The fourth-order valence-corrected chi connectivity index (χ4v) is 1.79. The van der Waals surface area contributed by atoms with Crippen molar-refractivity contribution in [2.24, 2.45) is 11.7 Å². The van der Waals surface area contributed by atoms with Gasteiger partial charge >= 0.3 is 5.97 Å². The highest BCUT2D eigenvalue weighted by Gasteiger charge is 2.28. The summed E-state index contributed by atoms with van der Waals surface area (Å²) in [5.74, 6) is 0.430. The minimum Gasteiger partial charge on any atom is -0.465 e. The predicted octanol–water partition coefficient (Wildman–Crippen LogP) is 2.89. The van der Waals surface area contributed by atoms with Crippen LogP contribution in [-0.4, -0.2) is 31.3 Å². The normalized spacial score (nSPS) is 14.4. The number of ether oxygens (including phenoxy) is 2. The highest BCUT2D eigenvalue weighted by molar-refractivity contribution is 5.79. The Morgan fingerprint density at radius 1 is 1.21 bits per heavy atom. The molecular formula is C15H31NO3. The third-order valence-corrected chi connectivity index (χ3v) is 3.05. The van der Waals surface area contributed by atoms with Crippen LogP contribution in [0.5, 0.6) is 0 Å². The second-order valence-electron chi connectivity index (χ2n) is 5.74. The van der Waals surface area contributed by atoms with E-state index in [0.717, 1.165) is 38.4 Å². The number of nitrogens with two attached hydrogens (primary N) is 1. The van der Waals surface area contributed by atoms with E-state index in [1.54, 1.807) is 13.8 Å². The third kappa shape index (κ3) is 9.91. The molecule has 4 heteroatoms. The fraction of sp³-hybridized carbons (Fsp3) is 0.933. The zero-order valence-electron chi connectivity index (χ0n) is 13.0. The van der Waals surface area contributed by atoms with E-state index in [-0.39, 0.29) is 5.97 Å². The van der Waals surface area contributed by atoms with E-state index in [2.05, 4.69) is 13.8 Å². The minimum atomic E-state index is -0.867. The van der Waals surface area contributed by atoms with Crippen LogP contribution in [0.15, 0.2) is 0 Å². The van der Waals surface area contributed by atoms with Gasteiger partial charge in [0.1, 0.15) is 5.54 Å². The summed E-state index contributed by atoms with van der Waals surface area (Å²) in [7, 11) is 0. The van der Waals surface area contributed by atoms with Gasteiger partial charge in [0.05, 0.1) is 6.61 Å². The summed E-state index contributed by atoms with van der Waals surface area (Å²) in [6.45, 7) is 9.92. The van der Waals surface area contributed by atoms with Gasteiger partial charge in [0.25, 0.3) is 0 Å². The minimum absolute atomic E-state index is 0.312. The molecular weight excluding hydrogens is 242 g/mol. The first kappa shape index (κ1) is 18.4. The van der Waals surface area contributed by atoms with E-state index >= 15 is 0 Å². The standard InChI is InChI=1S/C15H31NO3/c1-5-19-14(17)15(4,16)10-6-7-11-18-12-8-9-13(2)3/h13H,5-12,16H2,1-4H3. The van der Waals surface area contributed by atoms with Gasteiger partial charge < -0.3 is 15.2 Å². The highest BCUT2D eigenvalue weighted by Crippen LogP contribution is 2.13. The lowest BCUT2D eigenvalue weighted by Gasteiger charge is -2.21. The number of hydrogen-bond acceptors (Lipinski definition) is 4. The molecule has 0 aromatic carbocycles. The Kier molecular flexibility index (Phi) is 9.88. The van der Waals surface area contributed by atoms with Crippen molar-refractivity contribution in [2.75, 3.05) is 19.8 Å². The molecule has 0 fully saturated rings. The largest absolute Gasteiger partial charge is 0.465 e. The van der Waals surface area contributed by atoms with Crippen molar-refractivity contribution in [1.29, 1.82) is 0 Å². The van der Waals surface area contributed by atoms with Gasteiger partial charge in [0, 0.05) is 13.2 Å². The number of hydrogen-bond donors (Lipinski definition) is 1. The van der Waals surface area contributed by atoms with Crippen LogP contribution < -0.4 is 5.73 Å². The van der Waals surface area contributed by atoms with Crippen molar-refractivity contribution in [3.8, 4) is 0 Å². The molecule has 0 aliphatic heterocycles. The molecule has 4 nitrogen and oxygen atoms in total. The average Bonchev–Trinajstić information content (AvgIpc) is 2.32. The van der Waals surface area contributed by atoms with E-state index in [0.29, 0.717) is 13.0 Å². The maximum absolute atomic E-state index is 11.6. The van der Waals surface area contributed by atoms with Crippen molar-refractivity contribution in [3.63, 3.8) is 0 Å². The van der Waals surface area contributed by atoms with Crippen molar-refractivity contribution < 1.29 is 14.3 Å². The van der Waals surface area contributed by atoms with Gasteiger partial charge in [-0.1, -0.05) is 13.8 Å². The van der Waals surface area contributed by atoms with Crippen LogP contribution in [0.1, 0.15) is 59.8 Å². The van der Waals surface area contributed by atoms with Crippen LogP contribution >= 0.6 is 0 Å². The summed E-state index contributed by atoms with van der Waals surface area (Å²) in [4.78, 5) is 11.6. The van der Waals surface area contributed by atoms with E-state index in [4.69, 9.17) is 15.2 Å². The van der Waals surface area contributed by atoms with Gasteiger partial charge in [-0.2, -0.15) is 0 Å². The SMILES string of the molecule is CCOC(=O)C(C)(N)CCCCOCCCC(C)C. The second-order valence-corrected chi connectivity index (χ2v) is 5.74. The monoisotopic (exact) mass is 273 g/mol. The Balaban J connectivity index is 3.50. The number of carbonyl (C=O) groups excluding carboxylic acids is 1. The Morgan fingerprint density at radius 2 is 1.84 bits per heavy atom. The molecule has 0 amide bonds. The van der Waals surface area contributed by atoms with Gasteiger partial charge in [-0.05, 0) is 51.9 Å². The summed E-state index contributed by atoms with van der Waals surface area (Å²) < 4.78 is 10.5. The van der Waals surface area contributed by atoms with Crippen LogP contribution in [0.2, 0.25) is 0 Å². The Hall–Kier alpha value is -0.610. The molecule has 1 atom stereocenters. The van der Waals surface area contributed by atoms with Gasteiger partial charge in [0.2, 0.25) is 0 Å². The Morgan fingerprint density at radius 3 is 2.42 bits per heavy atom. The maximum Gasteiger partial charge on any atom is 0.325 e.